The third-order valence-corrected chi connectivity index (χ3v) is 4.12. The summed E-state index contributed by atoms with van der Waals surface area (Å²) in [5, 5.41) is 4.30. The molecule has 0 amide bonds. The normalized spacial score (nSPS) is 10.8. The van der Waals surface area contributed by atoms with Crippen molar-refractivity contribution in [2.75, 3.05) is 11.5 Å². The van der Waals surface area contributed by atoms with E-state index in [0.717, 1.165) is 11.4 Å². The molecule has 4 N–H and O–H groups in total. The molecule has 0 saturated heterocycles. The molecule has 2 aromatic carbocycles. The molecule has 1 aromatic heterocycles. The summed E-state index contributed by atoms with van der Waals surface area (Å²) < 4.78 is 0. The zero-order chi connectivity index (χ0) is 13.9. The average molecular weight is 280 g/mol. The Kier molecular flexibility index (Phi) is 3.44. The summed E-state index contributed by atoms with van der Waals surface area (Å²) in [7, 11) is 0. The van der Waals surface area contributed by atoms with Gasteiger partial charge in [-0.25, -0.2) is 0 Å². The van der Waals surface area contributed by atoms with Gasteiger partial charge in [0.05, 0.1) is 0 Å². The second-order valence-corrected chi connectivity index (χ2v) is 5.60. The molecule has 0 aliphatic heterocycles. The van der Waals surface area contributed by atoms with Crippen LogP contribution < -0.4 is 11.5 Å². The molecule has 3 rings (SSSR count). The molecule has 100 valence electrons. The second-order valence-electron chi connectivity index (χ2n) is 4.82. The lowest BCUT2D eigenvalue weighted by atomic mass is 9.86. The van der Waals surface area contributed by atoms with Gasteiger partial charge >= 0.3 is 0 Å². The molecular formula is C17H16N2S. The van der Waals surface area contributed by atoms with Gasteiger partial charge in [0.2, 0.25) is 0 Å². The SMILES string of the molecule is Nc1ccc(C(c2ccc(N)cc2)c2ccsc2)cc1. The number of nitrogen functional groups attached to an aromatic ring is 2. The molecule has 0 aliphatic rings. The van der Waals surface area contributed by atoms with Crippen molar-refractivity contribution in [3.8, 4) is 0 Å². The van der Waals surface area contributed by atoms with E-state index in [2.05, 4.69) is 41.1 Å². The van der Waals surface area contributed by atoms with E-state index in [-0.39, 0.29) is 5.92 Å². The molecule has 0 atom stereocenters. The molecule has 0 radical (unpaired) electrons. The largest absolute Gasteiger partial charge is 0.399 e. The van der Waals surface area contributed by atoms with E-state index in [1.165, 1.54) is 16.7 Å². The van der Waals surface area contributed by atoms with Crippen LogP contribution in [0, 0.1) is 0 Å². The lowest BCUT2D eigenvalue weighted by molar-refractivity contribution is 0.986. The molecule has 0 spiro atoms. The Morgan fingerprint density at radius 2 is 1.15 bits per heavy atom. The molecule has 1 heterocycles. The van der Waals surface area contributed by atoms with Crippen LogP contribution in [0.1, 0.15) is 22.6 Å². The minimum absolute atomic E-state index is 0.224. The van der Waals surface area contributed by atoms with Crippen molar-refractivity contribution in [1.82, 2.24) is 0 Å². The predicted octanol–water partition coefficient (Wildman–Crippen LogP) is 4.09. The molecule has 2 nitrogen and oxygen atoms in total. The number of anilines is 2. The summed E-state index contributed by atoms with van der Waals surface area (Å²) in [4.78, 5) is 0. The summed E-state index contributed by atoms with van der Waals surface area (Å²) in [6, 6.07) is 18.3. The van der Waals surface area contributed by atoms with Crippen LogP contribution in [-0.2, 0) is 0 Å². The van der Waals surface area contributed by atoms with Gasteiger partial charge in [-0.2, -0.15) is 11.3 Å². The Balaban J connectivity index is 2.09. The first-order chi connectivity index (χ1) is 9.74. The quantitative estimate of drug-likeness (QED) is 0.710. The summed E-state index contributed by atoms with van der Waals surface area (Å²) >= 11 is 1.71. The summed E-state index contributed by atoms with van der Waals surface area (Å²) in [6.45, 7) is 0. The van der Waals surface area contributed by atoms with Crippen molar-refractivity contribution >= 4 is 22.7 Å². The molecule has 20 heavy (non-hydrogen) atoms. The van der Waals surface area contributed by atoms with Crippen molar-refractivity contribution in [2.45, 2.75) is 5.92 Å². The Hall–Kier alpha value is -2.26. The average Bonchev–Trinajstić information content (AvgIpc) is 2.97. The Morgan fingerprint density at radius 3 is 1.55 bits per heavy atom. The maximum atomic E-state index is 5.79. The van der Waals surface area contributed by atoms with Crippen LogP contribution in [0.15, 0.2) is 65.4 Å². The summed E-state index contributed by atoms with van der Waals surface area (Å²) in [6.07, 6.45) is 0. The van der Waals surface area contributed by atoms with E-state index >= 15 is 0 Å². The lowest BCUT2D eigenvalue weighted by Gasteiger charge is -2.17. The highest BCUT2D eigenvalue weighted by atomic mass is 32.1. The Labute approximate surface area is 122 Å². The molecule has 0 saturated carbocycles. The fourth-order valence-corrected chi connectivity index (χ4v) is 3.08. The fourth-order valence-electron chi connectivity index (χ4n) is 2.39. The van der Waals surface area contributed by atoms with Gasteiger partial charge in [-0.15, -0.1) is 0 Å². The van der Waals surface area contributed by atoms with Crippen molar-refractivity contribution < 1.29 is 0 Å². The highest BCUT2D eigenvalue weighted by Gasteiger charge is 2.16. The molecule has 0 unspecified atom stereocenters. The van der Waals surface area contributed by atoms with Crippen molar-refractivity contribution in [2.24, 2.45) is 0 Å². The third-order valence-electron chi connectivity index (χ3n) is 3.42. The number of hydrogen-bond donors (Lipinski definition) is 2. The van der Waals surface area contributed by atoms with Crippen LogP contribution in [0.5, 0.6) is 0 Å². The maximum absolute atomic E-state index is 5.79. The zero-order valence-corrected chi connectivity index (χ0v) is 11.8. The van der Waals surface area contributed by atoms with Gasteiger partial charge in [0, 0.05) is 17.3 Å². The van der Waals surface area contributed by atoms with Crippen LogP contribution in [-0.4, -0.2) is 0 Å². The first-order valence-corrected chi connectivity index (χ1v) is 7.41. The Bertz CT molecular complexity index is 625. The van der Waals surface area contributed by atoms with Gasteiger partial charge in [-0.3, -0.25) is 0 Å². The number of benzene rings is 2. The monoisotopic (exact) mass is 280 g/mol. The number of thiophene rings is 1. The first kappa shape index (κ1) is 12.8. The maximum Gasteiger partial charge on any atom is 0.0348 e. The minimum atomic E-state index is 0.224. The van der Waals surface area contributed by atoms with E-state index in [1.807, 2.05) is 24.3 Å². The fraction of sp³-hybridized carbons (Fsp3) is 0.0588. The van der Waals surface area contributed by atoms with Gasteiger partial charge in [-0.05, 0) is 57.8 Å². The van der Waals surface area contributed by atoms with Crippen LogP contribution >= 0.6 is 11.3 Å². The van der Waals surface area contributed by atoms with Gasteiger partial charge in [0.1, 0.15) is 0 Å². The highest BCUT2D eigenvalue weighted by Crippen LogP contribution is 2.33. The standard InChI is InChI=1S/C17H16N2S/c18-15-5-1-12(2-6-15)17(14-9-10-20-11-14)13-3-7-16(19)8-4-13/h1-11,17H,18-19H2. The van der Waals surface area contributed by atoms with Gasteiger partial charge in [-0.1, -0.05) is 24.3 Å². The topological polar surface area (TPSA) is 52.0 Å². The van der Waals surface area contributed by atoms with Gasteiger partial charge in [0.25, 0.3) is 0 Å². The molecule has 3 aromatic rings. The van der Waals surface area contributed by atoms with Crippen LogP contribution in [0.2, 0.25) is 0 Å². The molecule has 0 bridgehead atoms. The summed E-state index contributed by atoms with van der Waals surface area (Å²) in [5.41, 5.74) is 16.9. The number of nitrogens with two attached hydrogens (primary N) is 2. The van der Waals surface area contributed by atoms with E-state index in [4.69, 9.17) is 11.5 Å². The van der Waals surface area contributed by atoms with Crippen molar-refractivity contribution in [3.05, 3.63) is 82.0 Å². The number of rotatable bonds is 3. The van der Waals surface area contributed by atoms with Crippen LogP contribution in [0.25, 0.3) is 0 Å². The molecule has 0 fully saturated rings. The zero-order valence-electron chi connectivity index (χ0n) is 11.0. The van der Waals surface area contributed by atoms with Crippen molar-refractivity contribution in [1.29, 1.82) is 0 Å². The van der Waals surface area contributed by atoms with E-state index in [0.29, 0.717) is 0 Å². The smallest absolute Gasteiger partial charge is 0.0348 e. The van der Waals surface area contributed by atoms with E-state index < -0.39 is 0 Å². The second kappa shape index (κ2) is 5.39. The minimum Gasteiger partial charge on any atom is -0.399 e. The van der Waals surface area contributed by atoms with Crippen molar-refractivity contribution in [3.63, 3.8) is 0 Å². The van der Waals surface area contributed by atoms with E-state index in [9.17, 15) is 0 Å². The van der Waals surface area contributed by atoms with Crippen LogP contribution in [0.3, 0.4) is 0 Å². The molecule has 0 aliphatic carbocycles. The highest BCUT2D eigenvalue weighted by molar-refractivity contribution is 7.08. The first-order valence-electron chi connectivity index (χ1n) is 6.47. The van der Waals surface area contributed by atoms with Gasteiger partial charge in [0.15, 0.2) is 0 Å². The van der Waals surface area contributed by atoms with E-state index in [1.54, 1.807) is 11.3 Å². The lowest BCUT2D eigenvalue weighted by Crippen LogP contribution is -2.02. The molecule has 3 heteroatoms. The predicted molar refractivity (Wildman–Crippen MR) is 87.0 cm³/mol. The van der Waals surface area contributed by atoms with Crippen LogP contribution in [0.4, 0.5) is 11.4 Å². The summed E-state index contributed by atoms with van der Waals surface area (Å²) in [5.74, 6) is 0.224. The third kappa shape index (κ3) is 2.53. The molecular weight excluding hydrogens is 264 g/mol. The van der Waals surface area contributed by atoms with Gasteiger partial charge < -0.3 is 11.5 Å². The number of hydrogen-bond acceptors (Lipinski definition) is 3. The Morgan fingerprint density at radius 1 is 0.650 bits per heavy atom.